The minimum absolute atomic E-state index is 0.184. The average Bonchev–Trinajstić information content (AvgIpc) is 2.38. The molecule has 0 aromatic heterocycles. The molecule has 1 saturated carbocycles. The lowest BCUT2D eigenvalue weighted by Gasteiger charge is -2.35. The molecule has 0 heterocycles. The second-order valence-corrected chi connectivity index (χ2v) is 5.86. The van der Waals surface area contributed by atoms with Crippen LogP contribution in [0, 0.1) is 5.92 Å². The molecular weight excluding hydrogens is 287 g/mol. The first-order chi connectivity index (χ1) is 9.39. The van der Waals surface area contributed by atoms with Crippen LogP contribution in [0.4, 0.5) is 13.2 Å². The summed E-state index contributed by atoms with van der Waals surface area (Å²) in [5.74, 6) is -1.25. The van der Waals surface area contributed by atoms with Crippen molar-refractivity contribution in [2.75, 3.05) is 0 Å². The van der Waals surface area contributed by atoms with Crippen LogP contribution in [0.2, 0.25) is 5.02 Å². The number of hydrogen-bond donors (Lipinski definition) is 1. The topological polar surface area (TPSA) is 12.0 Å². The average molecular weight is 306 g/mol. The molecule has 1 nitrogen and oxygen atoms in total. The van der Waals surface area contributed by atoms with Crippen molar-refractivity contribution in [2.45, 2.75) is 50.9 Å². The molecule has 1 aromatic carbocycles. The molecule has 3 unspecified atom stereocenters. The fourth-order valence-electron chi connectivity index (χ4n) is 2.96. The van der Waals surface area contributed by atoms with Crippen molar-refractivity contribution < 1.29 is 13.2 Å². The van der Waals surface area contributed by atoms with Crippen LogP contribution in [-0.2, 0) is 0 Å². The van der Waals surface area contributed by atoms with Gasteiger partial charge in [-0.1, -0.05) is 42.6 Å². The van der Waals surface area contributed by atoms with Gasteiger partial charge in [-0.05, 0) is 31.4 Å². The van der Waals surface area contributed by atoms with Gasteiger partial charge in [0.25, 0.3) is 0 Å². The maximum Gasteiger partial charge on any atom is 0.393 e. The summed E-state index contributed by atoms with van der Waals surface area (Å²) in [6.07, 6.45) is -1.84. The van der Waals surface area contributed by atoms with E-state index in [0.29, 0.717) is 17.9 Å². The molecule has 0 bridgehead atoms. The highest BCUT2D eigenvalue weighted by Crippen LogP contribution is 2.38. The predicted molar refractivity (Wildman–Crippen MR) is 74.8 cm³/mol. The molecule has 5 heteroatoms. The third-order valence-corrected chi connectivity index (χ3v) is 4.37. The molecule has 1 fully saturated rings. The van der Waals surface area contributed by atoms with Crippen LogP contribution in [0.25, 0.3) is 0 Å². The number of rotatable bonds is 3. The summed E-state index contributed by atoms with van der Waals surface area (Å²) < 4.78 is 39.2. The van der Waals surface area contributed by atoms with E-state index < -0.39 is 18.1 Å². The third-order valence-electron chi connectivity index (χ3n) is 4.02. The predicted octanol–water partition coefficient (Wildman–Crippen LogP) is 5.11. The maximum atomic E-state index is 13.1. The summed E-state index contributed by atoms with van der Waals surface area (Å²) in [5.41, 5.74) is 0.848. The smallest absolute Gasteiger partial charge is 0.307 e. The fourth-order valence-corrected chi connectivity index (χ4v) is 3.26. The van der Waals surface area contributed by atoms with E-state index in [4.69, 9.17) is 11.6 Å². The Morgan fingerprint density at radius 1 is 1.20 bits per heavy atom. The Balaban J connectivity index is 2.09. The monoisotopic (exact) mass is 305 g/mol. The Morgan fingerprint density at radius 3 is 2.50 bits per heavy atom. The second-order valence-electron chi connectivity index (χ2n) is 5.45. The van der Waals surface area contributed by atoms with Gasteiger partial charge in [0.05, 0.1) is 5.92 Å². The Morgan fingerprint density at radius 2 is 1.85 bits per heavy atom. The van der Waals surface area contributed by atoms with Gasteiger partial charge < -0.3 is 5.32 Å². The number of hydrogen-bond acceptors (Lipinski definition) is 1. The van der Waals surface area contributed by atoms with Crippen LogP contribution in [0.15, 0.2) is 24.3 Å². The molecule has 2 rings (SSSR count). The summed E-state index contributed by atoms with van der Waals surface area (Å²) in [4.78, 5) is 0. The van der Waals surface area contributed by atoms with E-state index in [1.54, 1.807) is 6.07 Å². The zero-order valence-corrected chi connectivity index (χ0v) is 12.1. The van der Waals surface area contributed by atoms with E-state index in [-0.39, 0.29) is 12.5 Å². The quantitative estimate of drug-likeness (QED) is 0.818. The molecular formula is C15H19ClF3N. The van der Waals surface area contributed by atoms with Gasteiger partial charge in [-0.25, -0.2) is 0 Å². The van der Waals surface area contributed by atoms with E-state index in [9.17, 15) is 13.2 Å². The zero-order valence-electron chi connectivity index (χ0n) is 11.4. The molecule has 0 spiro atoms. The number of benzene rings is 1. The molecule has 20 heavy (non-hydrogen) atoms. The molecule has 3 atom stereocenters. The van der Waals surface area contributed by atoms with Crippen LogP contribution in [0.1, 0.15) is 44.2 Å². The highest BCUT2D eigenvalue weighted by molar-refractivity contribution is 6.31. The van der Waals surface area contributed by atoms with Crippen molar-refractivity contribution in [3.05, 3.63) is 34.9 Å². The lowest BCUT2D eigenvalue weighted by atomic mass is 9.83. The van der Waals surface area contributed by atoms with Crippen LogP contribution in [-0.4, -0.2) is 12.2 Å². The summed E-state index contributed by atoms with van der Waals surface area (Å²) >= 11 is 6.10. The Hall–Kier alpha value is -0.740. The van der Waals surface area contributed by atoms with Gasteiger partial charge in [-0.3, -0.25) is 0 Å². The van der Waals surface area contributed by atoms with Gasteiger partial charge in [0.1, 0.15) is 0 Å². The SMILES string of the molecule is CC(NC1CCCCC1C(F)(F)F)c1ccccc1Cl. The van der Waals surface area contributed by atoms with Gasteiger partial charge in [-0.15, -0.1) is 0 Å². The van der Waals surface area contributed by atoms with E-state index in [0.717, 1.165) is 12.0 Å². The van der Waals surface area contributed by atoms with Gasteiger partial charge in [0.15, 0.2) is 0 Å². The third kappa shape index (κ3) is 3.67. The molecule has 1 aliphatic carbocycles. The van der Waals surface area contributed by atoms with Gasteiger partial charge in [0, 0.05) is 17.1 Å². The molecule has 0 amide bonds. The Labute approximate surface area is 122 Å². The molecule has 112 valence electrons. The first-order valence-electron chi connectivity index (χ1n) is 6.97. The zero-order chi connectivity index (χ0) is 14.8. The Bertz CT molecular complexity index is 447. The highest BCUT2D eigenvalue weighted by Gasteiger charge is 2.45. The minimum atomic E-state index is -4.13. The lowest BCUT2D eigenvalue weighted by Crippen LogP contribution is -2.46. The molecule has 0 aliphatic heterocycles. The van der Waals surface area contributed by atoms with Crippen molar-refractivity contribution in [1.29, 1.82) is 0 Å². The molecule has 1 aromatic rings. The molecule has 1 N–H and O–H groups in total. The number of alkyl halides is 3. The van der Waals surface area contributed by atoms with Crippen molar-refractivity contribution in [1.82, 2.24) is 5.32 Å². The van der Waals surface area contributed by atoms with Crippen LogP contribution >= 0.6 is 11.6 Å². The second kappa shape index (κ2) is 6.35. The highest BCUT2D eigenvalue weighted by atomic mass is 35.5. The van der Waals surface area contributed by atoms with Crippen LogP contribution in [0.3, 0.4) is 0 Å². The summed E-state index contributed by atoms with van der Waals surface area (Å²) in [7, 11) is 0. The maximum absolute atomic E-state index is 13.1. The van der Waals surface area contributed by atoms with Gasteiger partial charge >= 0.3 is 6.18 Å². The molecule has 0 saturated heterocycles. The summed E-state index contributed by atoms with van der Waals surface area (Å²) in [6.45, 7) is 1.86. The van der Waals surface area contributed by atoms with Gasteiger partial charge in [0.2, 0.25) is 0 Å². The van der Waals surface area contributed by atoms with E-state index in [1.807, 2.05) is 25.1 Å². The van der Waals surface area contributed by atoms with Gasteiger partial charge in [-0.2, -0.15) is 13.2 Å². The van der Waals surface area contributed by atoms with E-state index in [2.05, 4.69) is 5.32 Å². The largest absolute Gasteiger partial charge is 0.393 e. The van der Waals surface area contributed by atoms with Crippen molar-refractivity contribution >= 4 is 11.6 Å². The van der Waals surface area contributed by atoms with Crippen molar-refractivity contribution in [2.24, 2.45) is 5.92 Å². The first kappa shape index (κ1) is 15.6. The van der Waals surface area contributed by atoms with Crippen LogP contribution < -0.4 is 5.32 Å². The van der Waals surface area contributed by atoms with E-state index >= 15 is 0 Å². The lowest BCUT2D eigenvalue weighted by molar-refractivity contribution is -0.189. The normalized spacial score (nSPS) is 25.4. The Kier molecular flexibility index (Phi) is 4.97. The molecule has 0 radical (unpaired) electrons. The first-order valence-corrected chi connectivity index (χ1v) is 7.34. The minimum Gasteiger partial charge on any atom is -0.307 e. The summed E-state index contributed by atoms with van der Waals surface area (Å²) in [5, 5.41) is 3.72. The standard InChI is InChI=1S/C15H19ClF3N/c1-10(11-6-2-4-8-13(11)16)20-14-9-5-3-7-12(14)15(17,18)19/h2,4,6,8,10,12,14,20H,3,5,7,9H2,1H3. The summed E-state index contributed by atoms with van der Waals surface area (Å²) in [6, 6.07) is 6.58. The van der Waals surface area contributed by atoms with E-state index in [1.165, 1.54) is 0 Å². The van der Waals surface area contributed by atoms with Crippen molar-refractivity contribution in [3.63, 3.8) is 0 Å². The van der Waals surface area contributed by atoms with Crippen LogP contribution in [0.5, 0.6) is 0 Å². The number of halogens is 4. The molecule has 1 aliphatic rings. The van der Waals surface area contributed by atoms with Crippen molar-refractivity contribution in [3.8, 4) is 0 Å². The fraction of sp³-hybridized carbons (Fsp3) is 0.600. The number of nitrogens with one attached hydrogen (secondary N) is 1.